The van der Waals surface area contributed by atoms with Gasteiger partial charge in [0.25, 0.3) is 0 Å². The maximum absolute atomic E-state index is 13.2. The topological polar surface area (TPSA) is 24.1 Å². The summed E-state index contributed by atoms with van der Waals surface area (Å²) in [6, 6.07) is 9.47. The maximum atomic E-state index is 13.2. The van der Waals surface area contributed by atoms with E-state index in [-0.39, 0.29) is 5.82 Å². The first-order valence-corrected chi connectivity index (χ1v) is 6.91. The lowest BCUT2D eigenvalue weighted by Gasteiger charge is -2.13. The number of anilines is 2. The molecular formula is C14H11Cl2FN2S. The minimum Gasteiger partial charge on any atom is -0.332 e. The summed E-state index contributed by atoms with van der Waals surface area (Å²) in [5, 5.41) is 7.22. The van der Waals surface area contributed by atoms with Crippen LogP contribution in [0.3, 0.4) is 0 Å². The van der Waals surface area contributed by atoms with E-state index >= 15 is 0 Å². The Hall–Kier alpha value is -1.36. The van der Waals surface area contributed by atoms with E-state index in [1.165, 1.54) is 12.1 Å². The third kappa shape index (κ3) is 4.07. The van der Waals surface area contributed by atoms with E-state index in [0.29, 0.717) is 26.5 Å². The van der Waals surface area contributed by atoms with Gasteiger partial charge in [-0.25, -0.2) is 4.39 Å². The van der Waals surface area contributed by atoms with Gasteiger partial charge in [-0.15, -0.1) is 0 Å². The third-order valence-electron chi connectivity index (χ3n) is 2.57. The molecule has 0 aromatic heterocycles. The second kappa shape index (κ2) is 6.39. The Morgan fingerprint density at radius 2 is 1.70 bits per heavy atom. The van der Waals surface area contributed by atoms with E-state index in [2.05, 4.69) is 10.6 Å². The fourth-order valence-electron chi connectivity index (χ4n) is 1.64. The van der Waals surface area contributed by atoms with E-state index in [0.717, 1.165) is 5.56 Å². The summed E-state index contributed by atoms with van der Waals surface area (Å²) in [5.41, 5.74) is 2.16. The van der Waals surface area contributed by atoms with Crippen LogP contribution in [-0.2, 0) is 0 Å². The summed E-state index contributed by atoms with van der Waals surface area (Å²) >= 11 is 17.0. The molecule has 2 aromatic rings. The smallest absolute Gasteiger partial charge is 0.175 e. The molecule has 2 nitrogen and oxygen atoms in total. The molecule has 0 amide bonds. The Bertz CT molecular complexity index is 641. The standard InChI is InChI=1S/C14H11Cl2FN2S/c1-8-2-3-11(17)7-13(8)19-14(20)18-12-5-9(15)4-10(16)6-12/h2-7H,1H3,(H2,18,19,20). The van der Waals surface area contributed by atoms with Crippen molar-refractivity contribution in [2.45, 2.75) is 6.92 Å². The van der Waals surface area contributed by atoms with Crippen molar-refractivity contribution >= 4 is 51.9 Å². The second-order valence-corrected chi connectivity index (χ2v) is 5.48. The minimum absolute atomic E-state index is 0.327. The van der Waals surface area contributed by atoms with Crippen molar-refractivity contribution < 1.29 is 4.39 Å². The van der Waals surface area contributed by atoms with Gasteiger partial charge in [0.1, 0.15) is 5.82 Å². The van der Waals surface area contributed by atoms with Gasteiger partial charge in [-0.2, -0.15) is 0 Å². The molecule has 0 spiro atoms. The van der Waals surface area contributed by atoms with E-state index in [1.807, 2.05) is 6.92 Å². The van der Waals surface area contributed by atoms with Crippen molar-refractivity contribution in [1.82, 2.24) is 0 Å². The van der Waals surface area contributed by atoms with E-state index < -0.39 is 0 Å². The van der Waals surface area contributed by atoms with Crippen molar-refractivity contribution in [3.05, 3.63) is 57.8 Å². The fraction of sp³-hybridized carbons (Fsp3) is 0.0714. The Kier molecular flexibility index (Phi) is 4.81. The molecule has 0 atom stereocenters. The summed E-state index contributed by atoms with van der Waals surface area (Å²) in [4.78, 5) is 0. The Morgan fingerprint density at radius 1 is 1.05 bits per heavy atom. The number of hydrogen-bond donors (Lipinski definition) is 2. The molecule has 0 bridgehead atoms. The normalized spacial score (nSPS) is 10.2. The molecule has 2 N–H and O–H groups in total. The lowest BCUT2D eigenvalue weighted by atomic mass is 10.2. The first-order chi connectivity index (χ1) is 9.44. The third-order valence-corrected chi connectivity index (χ3v) is 3.21. The molecule has 104 valence electrons. The van der Waals surface area contributed by atoms with Crippen LogP contribution in [0.4, 0.5) is 15.8 Å². The summed E-state index contributed by atoms with van der Waals surface area (Å²) < 4.78 is 13.2. The SMILES string of the molecule is Cc1ccc(F)cc1NC(=S)Nc1cc(Cl)cc(Cl)c1. The zero-order valence-corrected chi connectivity index (χ0v) is 12.8. The van der Waals surface area contributed by atoms with Gasteiger partial charge in [0.05, 0.1) is 0 Å². The van der Waals surface area contributed by atoms with Crippen LogP contribution in [0, 0.1) is 12.7 Å². The van der Waals surface area contributed by atoms with Crippen LogP contribution in [0.15, 0.2) is 36.4 Å². The molecule has 6 heteroatoms. The number of rotatable bonds is 2. The monoisotopic (exact) mass is 328 g/mol. The molecule has 20 heavy (non-hydrogen) atoms. The average molecular weight is 329 g/mol. The zero-order valence-electron chi connectivity index (χ0n) is 10.5. The van der Waals surface area contributed by atoms with Crippen molar-refractivity contribution in [1.29, 1.82) is 0 Å². The van der Waals surface area contributed by atoms with Gasteiger partial charge in [0.15, 0.2) is 5.11 Å². The highest BCUT2D eigenvalue weighted by Crippen LogP contribution is 2.23. The van der Waals surface area contributed by atoms with Crippen LogP contribution in [0.5, 0.6) is 0 Å². The molecule has 2 rings (SSSR count). The molecule has 0 saturated carbocycles. The molecule has 0 heterocycles. The zero-order chi connectivity index (χ0) is 14.7. The largest absolute Gasteiger partial charge is 0.332 e. The second-order valence-electron chi connectivity index (χ2n) is 4.20. The van der Waals surface area contributed by atoms with Crippen molar-refractivity contribution in [3.8, 4) is 0 Å². The minimum atomic E-state index is -0.327. The number of thiocarbonyl (C=S) groups is 1. The molecule has 2 aromatic carbocycles. The van der Waals surface area contributed by atoms with Crippen LogP contribution in [-0.4, -0.2) is 5.11 Å². The number of hydrogen-bond acceptors (Lipinski definition) is 1. The van der Waals surface area contributed by atoms with Crippen molar-refractivity contribution in [2.24, 2.45) is 0 Å². The van der Waals surface area contributed by atoms with E-state index in [1.54, 1.807) is 24.3 Å². The van der Waals surface area contributed by atoms with Gasteiger partial charge in [0.2, 0.25) is 0 Å². The van der Waals surface area contributed by atoms with Gasteiger partial charge in [-0.05, 0) is 55.0 Å². The lowest BCUT2D eigenvalue weighted by Crippen LogP contribution is -2.19. The van der Waals surface area contributed by atoms with Crippen LogP contribution < -0.4 is 10.6 Å². The van der Waals surface area contributed by atoms with Crippen LogP contribution in [0.2, 0.25) is 10.0 Å². The lowest BCUT2D eigenvalue weighted by molar-refractivity contribution is 0.628. The van der Waals surface area contributed by atoms with Gasteiger partial charge >= 0.3 is 0 Å². The summed E-state index contributed by atoms with van der Waals surface area (Å²) in [7, 11) is 0. The van der Waals surface area contributed by atoms with Crippen molar-refractivity contribution in [3.63, 3.8) is 0 Å². The molecule has 0 saturated heterocycles. The molecule has 0 fully saturated rings. The molecule has 0 aliphatic heterocycles. The number of aryl methyl sites for hydroxylation is 1. The van der Waals surface area contributed by atoms with Crippen molar-refractivity contribution in [2.75, 3.05) is 10.6 Å². The Balaban J connectivity index is 2.11. The highest BCUT2D eigenvalue weighted by Gasteiger charge is 2.04. The van der Waals surface area contributed by atoms with E-state index in [9.17, 15) is 4.39 Å². The molecule has 0 unspecified atom stereocenters. The first-order valence-electron chi connectivity index (χ1n) is 5.74. The van der Waals surface area contributed by atoms with E-state index in [4.69, 9.17) is 35.4 Å². The van der Waals surface area contributed by atoms with Crippen LogP contribution >= 0.6 is 35.4 Å². The number of nitrogens with one attached hydrogen (secondary N) is 2. The highest BCUT2D eigenvalue weighted by molar-refractivity contribution is 7.80. The quantitative estimate of drug-likeness (QED) is 0.736. The first kappa shape index (κ1) is 15.0. The Labute approximate surface area is 131 Å². The number of benzene rings is 2. The molecule has 0 aliphatic rings. The summed E-state index contributed by atoms with van der Waals surface area (Å²) in [6.45, 7) is 1.86. The number of halogens is 3. The summed E-state index contributed by atoms with van der Waals surface area (Å²) in [6.07, 6.45) is 0. The fourth-order valence-corrected chi connectivity index (χ4v) is 2.39. The van der Waals surface area contributed by atoms with Gasteiger partial charge in [0, 0.05) is 21.4 Å². The predicted octanol–water partition coefficient (Wildman–Crippen LogP) is 5.25. The molecule has 0 radical (unpaired) electrons. The van der Waals surface area contributed by atoms with Crippen LogP contribution in [0.1, 0.15) is 5.56 Å². The summed E-state index contributed by atoms with van der Waals surface area (Å²) in [5.74, 6) is -0.327. The highest BCUT2D eigenvalue weighted by atomic mass is 35.5. The van der Waals surface area contributed by atoms with Gasteiger partial charge in [-0.3, -0.25) is 0 Å². The average Bonchev–Trinajstić information content (AvgIpc) is 2.32. The Morgan fingerprint density at radius 3 is 2.35 bits per heavy atom. The molecular weight excluding hydrogens is 318 g/mol. The predicted molar refractivity (Wildman–Crippen MR) is 87.4 cm³/mol. The van der Waals surface area contributed by atoms with Gasteiger partial charge in [-0.1, -0.05) is 29.3 Å². The molecule has 0 aliphatic carbocycles. The van der Waals surface area contributed by atoms with Gasteiger partial charge < -0.3 is 10.6 Å². The maximum Gasteiger partial charge on any atom is 0.175 e. The van der Waals surface area contributed by atoms with Crippen LogP contribution in [0.25, 0.3) is 0 Å².